The van der Waals surface area contributed by atoms with Gasteiger partial charge in [0.1, 0.15) is 5.69 Å². The van der Waals surface area contributed by atoms with Crippen molar-refractivity contribution < 1.29 is 4.79 Å². The van der Waals surface area contributed by atoms with E-state index in [2.05, 4.69) is 20.3 Å². The van der Waals surface area contributed by atoms with Crippen LogP contribution in [0.25, 0.3) is 0 Å². The van der Waals surface area contributed by atoms with Crippen LogP contribution in [0.4, 0.5) is 23.1 Å². The molecular formula is C22H29N7O. The maximum atomic E-state index is 12.9. The predicted octanol–water partition coefficient (Wildman–Crippen LogP) is 2.72. The number of benzene rings is 1. The summed E-state index contributed by atoms with van der Waals surface area (Å²) in [6.07, 6.45) is 6.76. The molecular weight excluding hydrogens is 378 g/mol. The molecule has 2 saturated heterocycles. The maximum absolute atomic E-state index is 12.9. The van der Waals surface area contributed by atoms with Crippen LogP contribution in [-0.2, 0) is 0 Å². The molecule has 4 heterocycles. The molecule has 2 aromatic rings. The third-order valence-electron chi connectivity index (χ3n) is 6.61. The Morgan fingerprint density at radius 2 is 1.70 bits per heavy atom. The zero-order valence-electron chi connectivity index (χ0n) is 17.7. The number of hydrogen-bond acceptors (Lipinski definition) is 7. The van der Waals surface area contributed by atoms with Gasteiger partial charge in [-0.1, -0.05) is 12.1 Å². The van der Waals surface area contributed by atoms with E-state index in [-0.39, 0.29) is 5.91 Å². The summed E-state index contributed by atoms with van der Waals surface area (Å²) >= 11 is 0. The molecule has 158 valence electrons. The van der Waals surface area contributed by atoms with E-state index in [9.17, 15) is 4.79 Å². The summed E-state index contributed by atoms with van der Waals surface area (Å²) in [5.74, 6) is 1.24. The van der Waals surface area contributed by atoms with Crippen LogP contribution in [0.3, 0.4) is 0 Å². The second-order valence-corrected chi connectivity index (χ2v) is 8.42. The second-order valence-electron chi connectivity index (χ2n) is 8.42. The number of fused-ring (bicyclic) bond motifs is 2. The fraction of sp³-hybridized carbons (Fsp3) is 0.500. The molecule has 3 aliphatic rings. The number of nitrogens with one attached hydrogen (secondary N) is 1. The molecule has 0 bridgehead atoms. The van der Waals surface area contributed by atoms with E-state index in [1.165, 1.54) is 38.8 Å². The zero-order valence-corrected chi connectivity index (χ0v) is 17.7. The number of aromatic nitrogens is 2. The molecule has 1 amide bonds. The van der Waals surface area contributed by atoms with Crippen molar-refractivity contribution in [3.63, 3.8) is 0 Å². The lowest BCUT2D eigenvalue weighted by molar-refractivity contribution is 0.0994. The van der Waals surface area contributed by atoms with E-state index in [1.54, 1.807) is 18.1 Å². The monoisotopic (exact) mass is 407 g/mol. The number of rotatable bonds is 3. The van der Waals surface area contributed by atoms with Gasteiger partial charge in [-0.05, 0) is 50.9 Å². The minimum Gasteiger partial charge on any atom is -0.327 e. The number of para-hydroxylation sites is 1. The number of amides is 1. The third-order valence-corrected chi connectivity index (χ3v) is 6.61. The number of likely N-dealkylation sites (tertiary alicyclic amines) is 1. The number of nitrogens with zero attached hydrogens (tertiary/aromatic N) is 6. The van der Waals surface area contributed by atoms with Gasteiger partial charge in [-0.3, -0.25) is 10.2 Å². The van der Waals surface area contributed by atoms with Gasteiger partial charge in [-0.2, -0.15) is 4.98 Å². The summed E-state index contributed by atoms with van der Waals surface area (Å²) in [6.45, 7) is 4.48. The lowest BCUT2D eigenvalue weighted by Crippen LogP contribution is -2.46. The molecule has 0 saturated carbocycles. The molecule has 0 radical (unpaired) electrons. The first-order chi connectivity index (χ1) is 14.6. The van der Waals surface area contributed by atoms with E-state index in [0.29, 0.717) is 23.2 Å². The summed E-state index contributed by atoms with van der Waals surface area (Å²) < 4.78 is 0. The van der Waals surface area contributed by atoms with Crippen LogP contribution < -0.4 is 15.2 Å². The normalized spacial score (nSPS) is 20.8. The Balaban J connectivity index is 1.34. The minimum absolute atomic E-state index is 0.0514. The number of anilines is 4. The Morgan fingerprint density at radius 1 is 0.967 bits per heavy atom. The van der Waals surface area contributed by atoms with E-state index >= 15 is 0 Å². The molecule has 0 unspecified atom stereocenters. The SMILES string of the molecule is CN1C(=O)c2ccccc2N(C)c2nc(NN3CCC(N4CCCC4)CC3)ncc21. The Bertz CT molecular complexity index is 935. The van der Waals surface area contributed by atoms with Crippen LogP contribution in [0.15, 0.2) is 30.5 Å². The molecule has 8 heteroatoms. The largest absolute Gasteiger partial charge is 0.327 e. The summed E-state index contributed by atoms with van der Waals surface area (Å²) in [6, 6.07) is 8.35. The van der Waals surface area contributed by atoms with Gasteiger partial charge in [0.05, 0.1) is 17.4 Å². The van der Waals surface area contributed by atoms with Crippen molar-refractivity contribution in [2.75, 3.05) is 55.5 Å². The van der Waals surface area contributed by atoms with Crippen molar-refractivity contribution in [3.05, 3.63) is 36.0 Å². The van der Waals surface area contributed by atoms with Crippen molar-refractivity contribution >= 4 is 29.0 Å². The molecule has 0 aliphatic carbocycles. The van der Waals surface area contributed by atoms with Gasteiger partial charge in [0.25, 0.3) is 5.91 Å². The lowest BCUT2D eigenvalue weighted by Gasteiger charge is -2.36. The highest BCUT2D eigenvalue weighted by Crippen LogP contribution is 2.37. The molecule has 1 N–H and O–H groups in total. The van der Waals surface area contributed by atoms with Crippen LogP contribution in [0.1, 0.15) is 36.0 Å². The summed E-state index contributed by atoms with van der Waals surface area (Å²) in [7, 11) is 3.72. The smallest absolute Gasteiger partial charge is 0.260 e. The Hall–Kier alpha value is -2.71. The summed E-state index contributed by atoms with van der Waals surface area (Å²) in [5, 5.41) is 2.22. The van der Waals surface area contributed by atoms with E-state index in [0.717, 1.165) is 24.6 Å². The van der Waals surface area contributed by atoms with E-state index in [1.807, 2.05) is 36.2 Å². The van der Waals surface area contributed by atoms with Crippen molar-refractivity contribution in [2.45, 2.75) is 31.7 Å². The number of piperidine rings is 1. The highest BCUT2D eigenvalue weighted by Gasteiger charge is 2.30. The average molecular weight is 408 g/mol. The zero-order chi connectivity index (χ0) is 20.7. The van der Waals surface area contributed by atoms with Crippen molar-refractivity contribution in [1.29, 1.82) is 0 Å². The van der Waals surface area contributed by atoms with Crippen LogP contribution >= 0.6 is 0 Å². The topological polar surface area (TPSA) is 67.8 Å². The molecule has 30 heavy (non-hydrogen) atoms. The van der Waals surface area contributed by atoms with Crippen LogP contribution in [0.5, 0.6) is 0 Å². The van der Waals surface area contributed by atoms with Crippen molar-refractivity contribution in [2.24, 2.45) is 0 Å². The second kappa shape index (κ2) is 7.85. The molecule has 2 fully saturated rings. The fourth-order valence-corrected chi connectivity index (χ4v) is 4.85. The molecule has 0 atom stereocenters. The Labute approximate surface area is 177 Å². The quantitative estimate of drug-likeness (QED) is 0.839. The average Bonchev–Trinajstić information content (AvgIpc) is 3.31. The Morgan fingerprint density at radius 3 is 2.47 bits per heavy atom. The summed E-state index contributed by atoms with van der Waals surface area (Å²) in [4.78, 5) is 28.4. The molecule has 8 nitrogen and oxygen atoms in total. The highest BCUT2D eigenvalue weighted by atomic mass is 16.2. The number of hydrazine groups is 1. The lowest BCUT2D eigenvalue weighted by atomic mass is 10.1. The number of carbonyl (C=O) groups excluding carboxylic acids is 1. The third kappa shape index (κ3) is 3.40. The van der Waals surface area contributed by atoms with Crippen LogP contribution in [-0.4, -0.2) is 72.1 Å². The van der Waals surface area contributed by atoms with Crippen molar-refractivity contribution in [1.82, 2.24) is 19.9 Å². The van der Waals surface area contributed by atoms with Gasteiger partial charge in [0.15, 0.2) is 5.82 Å². The van der Waals surface area contributed by atoms with Gasteiger partial charge in [-0.25, -0.2) is 9.99 Å². The van der Waals surface area contributed by atoms with Crippen molar-refractivity contribution in [3.8, 4) is 0 Å². The first kappa shape index (κ1) is 19.3. The van der Waals surface area contributed by atoms with Gasteiger partial charge >= 0.3 is 0 Å². The van der Waals surface area contributed by atoms with E-state index < -0.39 is 0 Å². The Kier molecular flexibility index (Phi) is 5.04. The highest BCUT2D eigenvalue weighted by molar-refractivity contribution is 6.13. The van der Waals surface area contributed by atoms with Gasteiger partial charge in [0, 0.05) is 33.2 Å². The van der Waals surface area contributed by atoms with Gasteiger partial charge < -0.3 is 14.7 Å². The van der Waals surface area contributed by atoms with Crippen LogP contribution in [0.2, 0.25) is 0 Å². The fourth-order valence-electron chi connectivity index (χ4n) is 4.85. The maximum Gasteiger partial charge on any atom is 0.260 e. The van der Waals surface area contributed by atoms with Crippen LogP contribution in [0, 0.1) is 0 Å². The first-order valence-electron chi connectivity index (χ1n) is 10.9. The molecule has 1 aromatic heterocycles. The summed E-state index contributed by atoms with van der Waals surface area (Å²) in [5.41, 5.74) is 5.62. The number of hydrogen-bond donors (Lipinski definition) is 1. The van der Waals surface area contributed by atoms with Gasteiger partial charge in [-0.15, -0.1) is 0 Å². The standard InChI is InChI=1S/C22H29N7O/c1-26-18-8-4-3-7-17(18)21(30)27(2)19-15-23-22(24-20(19)26)25-29-13-9-16(10-14-29)28-11-5-6-12-28/h3-4,7-8,15-16H,5-6,9-14H2,1-2H3,(H,23,24,25). The molecule has 3 aliphatic heterocycles. The molecule has 1 aromatic carbocycles. The minimum atomic E-state index is -0.0514. The molecule has 0 spiro atoms. The first-order valence-corrected chi connectivity index (χ1v) is 10.9. The predicted molar refractivity (Wildman–Crippen MR) is 118 cm³/mol. The molecule has 5 rings (SSSR count). The van der Waals surface area contributed by atoms with E-state index in [4.69, 9.17) is 4.98 Å². The number of carbonyl (C=O) groups is 1. The van der Waals surface area contributed by atoms with Gasteiger partial charge in [0.2, 0.25) is 5.95 Å².